The van der Waals surface area contributed by atoms with E-state index in [0.29, 0.717) is 29.5 Å². The first-order chi connectivity index (χ1) is 9.04. The molecule has 6 heteroatoms. The number of hydrogen-bond donors (Lipinski definition) is 1. The summed E-state index contributed by atoms with van der Waals surface area (Å²) >= 11 is 1.34. The molecule has 0 fully saturated rings. The fourth-order valence-corrected chi connectivity index (χ4v) is 2.66. The van der Waals surface area contributed by atoms with E-state index in [1.54, 1.807) is 11.7 Å². The van der Waals surface area contributed by atoms with E-state index in [1.807, 2.05) is 25.3 Å². The standard InChI is InChI=1S/C13H17N3O2S/c1-8-6-9(2)16(4-5-18-3)12(17)11(8)10-7-19-13(14)15-10/h6-7H,4-5H2,1-3H3,(H2,14,15). The number of ether oxygens (including phenoxy) is 1. The second-order valence-corrected chi connectivity index (χ2v) is 5.25. The highest BCUT2D eigenvalue weighted by molar-refractivity contribution is 7.13. The molecule has 0 unspecified atom stereocenters. The lowest BCUT2D eigenvalue weighted by Crippen LogP contribution is -2.26. The van der Waals surface area contributed by atoms with Gasteiger partial charge < -0.3 is 15.0 Å². The summed E-state index contributed by atoms with van der Waals surface area (Å²) in [6, 6.07) is 1.99. The summed E-state index contributed by atoms with van der Waals surface area (Å²) in [7, 11) is 1.62. The molecule has 0 aliphatic heterocycles. The van der Waals surface area contributed by atoms with E-state index in [1.165, 1.54) is 11.3 Å². The molecule has 0 aliphatic rings. The van der Waals surface area contributed by atoms with E-state index in [2.05, 4.69) is 4.98 Å². The van der Waals surface area contributed by atoms with Crippen molar-refractivity contribution >= 4 is 16.5 Å². The molecular formula is C13H17N3O2S. The molecule has 2 aromatic heterocycles. The highest BCUT2D eigenvalue weighted by Crippen LogP contribution is 2.23. The van der Waals surface area contributed by atoms with Crippen LogP contribution in [0.15, 0.2) is 16.2 Å². The molecule has 2 N–H and O–H groups in total. The Bertz CT molecular complexity index is 646. The molecule has 2 rings (SSSR count). The molecule has 0 saturated carbocycles. The van der Waals surface area contributed by atoms with E-state index in [-0.39, 0.29) is 5.56 Å². The Morgan fingerprint density at radius 2 is 2.21 bits per heavy atom. The summed E-state index contributed by atoms with van der Waals surface area (Å²) in [6.45, 7) is 4.87. The van der Waals surface area contributed by atoms with Gasteiger partial charge in [-0.2, -0.15) is 0 Å². The molecule has 5 nitrogen and oxygen atoms in total. The Balaban J connectivity index is 2.58. The third kappa shape index (κ3) is 2.69. The van der Waals surface area contributed by atoms with Crippen LogP contribution in [-0.4, -0.2) is 23.3 Å². The SMILES string of the molecule is COCCn1c(C)cc(C)c(-c2csc(N)n2)c1=O. The van der Waals surface area contributed by atoms with E-state index in [9.17, 15) is 4.79 Å². The number of thiazole rings is 1. The number of nitrogen functional groups attached to an aromatic ring is 1. The molecule has 0 amide bonds. The predicted molar refractivity (Wildman–Crippen MR) is 77.6 cm³/mol. The second kappa shape index (κ2) is 5.54. The first-order valence-corrected chi connectivity index (χ1v) is 6.84. The largest absolute Gasteiger partial charge is 0.383 e. The van der Waals surface area contributed by atoms with Crippen LogP contribution >= 0.6 is 11.3 Å². The van der Waals surface area contributed by atoms with E-state index in [0.717, 1.165) is 11.3 Å². The van der Waals surface area contributed by atoms with Gasteiger partial charge in [-0.15, -0.1) is 11.3 Å². The second-order valence-electron chi connectivity index (χ2n) is 4.36. The van der Waals surface area contributed by atoms with Crippen LogP contribution in [0.5, 0.6) is 0 Å². The van der Waals surface area contributed by atoms with Gasteiger partial charge in [-0.05, 0) is 25.5 Å². The lowest BCUT2D eigenvalue weighted by molar-refractivity contribution is 0.185. The molecule has 0 bridgehead atoms. The maximum Gasteiger partial charge on any atom is 0.260 e. The van der Waals surface area contributed by atoms with Crippen LogP contribution < -0.4 is 11.3 Å². The molecule has 0 atom stereocenters. The third-order valence-electron chi connectivity index (χ3n) is 3.00. The maximum absolute atomic E-state index is 12.6. The van der Waals surface area contributed by atoms with Gasteiger partial charge in [-0.3, -0.25) is 4.79 Å². The topological polar surface area (TPSA) is 70.1 Å². The summed E-state index contributed by atoms with van der Waals surface area (Å²) in [5, 5.41) is 2.28. The molecule has 19 heavy (non-hydrogen) atoms. The van der Waals surface area contributed by atoms with Crippen LogP contribution in [0.3, 0.4) is 0 Å². The van der Waals surface area contributed by atoms with Crippen molar-refractivity contribution in [3.63, 3.8) is 0 Å². The normalized spacial score (nSPS) is 10.9. The minimum Gasteiger partial charge on any atom is -0.383 e. The highest BCUT2D eigenvalue weighted by atomic mass is 32.1. The quantitative estimate of drug-likeness (QED) is 0.926. The van der Waals surface area contributed by atoms with Crippen LogP contribution in [0.4, 0.5) is 5.13 Å². The zero-order chi connectivity index (χ0) is 14.0. The van der Waals surface area contributed by atoms with Gasteiger partial charge >= 0.3 is 0 Å². The van der Waals surface area contributed by atoms with Gasteiger partial charge in [-0.1, -0.05) is 0 Å². The predicted octanol–water partition coefficient (Wildman–Crippen LogP) is 1.82. The first-order valence-electron chi connectivity index (χ1n) is 5.96. The van der Waals surface area contributed by atoms with Gasteiger partial charge in [0.2, 0.25) is 0 Å². The number of aryl methyl sites for hydroxylation is 2. The van der Waals surface area contributed by atoms with Gasteiger partial charge in [0.1, 0.15) is 0 Å². The summed E-state index contributed by atoms with van der Waals surface area (Å²) in [5.41, 5.74) is 8.71. The molecule has 0 aliphatic carbocycles. The van der Waals surface area contributed by atoms with Gasteiger partial charge in [-0.25, -0.2) is 4.98 Å². The van der Waals surface area contributed by atoms with Crippen molar-refractivity contribution < 1.29 is 4.74 Å². The van der Waals surface area contributed by atoms with Gasteiger partial charge in [0.15, 0.2) is 5.13 Å². The van der Waals surface area contributed by atoms with Crippen molar-refractivity contribution in [1.82, 2.24) is 9.55 Å². The molecule has 2 aromatic rings. The van der Waals surface area contributed by atoms with Crippen molar-refractivity contribution in [2.45, 2.75) is 20.4 Å². The van der Waals surface area contributed by atoms with E-state index < -0.39 is 0 Å². The Morgan fingerprint density at radius 1 is 1.47 bits per heavy atom. The number of nitrogens with zero attached hydrogens (tertiary/aromatic N) is 2. The zero-order valence-corrected chi connectivity index (χ0v) is 12.1. The van der Waals surface area contributed by atoms with Gasteiger partial charge in [0.05, 0.1) is 17.9 Å². The van der Waals surface area contributed by atoms with Gasteiger partial charge in [0.25, 0.3) is 5.56 Å². The van der Waals surface area contributed by atoms with Crippen LogP contribution in [-0.2, 0) is 11.3 Å². The maximum atomic E-state index is 12.6. The van der Waals surface area contributed by atoms with Crippen LogP contribution in [0.2, 0.25) is 0 Å². The van der Waals surface area contributed by atoms with Crippen molar-refractivity contribution in [3.8, 4) is 11.3 Å². The number of aromatic nitrogens is 2. The molecule has 0 saturated heterocycles. The smallest absolute Gasteiger partial charge is 0.260 e. The van der Waals surface area contributed by atoms with Crippen LogP contribution in [0.1, 0.15) is 11.3 Å². The highest BCUT2D eigenvalue weighted by Gasteiger charge is 2.14. The van der Waals surface area contributed by atoms with E-state index >= 15 is 0 Å². The monoisotopic (exact) mass is 279 g/mol. The number of anilines is 1. The lowest BCUT2D eigenvalue weighted by atomic mass is 10.1. The zero-order valence-electron chi connectivity index (χ0n) is 11.3. The number of nitrogens with two attached hydrogens (primary N) is 1. The molecule has 0 spiro atoms. The number of methoxy groups -OCH3 is 1. The summed E-state index contributed by atoms with van der Waals surface area (Å²) < 4.78 is 6.75. The summed E-state index contributed by atoms with van der Waals surface area (Å²) in [4.78, 5) is 16.8. The van der Waals surface area contributed by atoms with Crippen molar-refractivity contribution in [1.29, 1.82) is 0 Å². The fraction of sp³-hybridized carbons (Fsp3) is 0.385. The fourth-order valence-electron chi connectivity index (χ4n) is 2.10. The summed E-state index contributed by atoms with van der Waals surface area (Å²) in [5.74, 6) is 0. The lowest BCUT2D eigenvalue weighted by Gasteiger charge is -2.13. The minimum atomic E-state index is -0.0418. The Morgan fingerprint density at radius 3 is 2.79 bits per heavy atom. The number of hydrogen-bond acceptors (Lipinski definition) is 5. The number of pyridine rings is 1. The van der Waals surface area contributed by atoms with E-state index in [4.69, 9.17) is 10.5 Å². The molecular weight excluding hydrogens is 262 g/mol. The minimum absolute atomic E-state index is 0.0418. The van der Waals surface area contributed by atoms with Crippen molar-refractivity contribution in [2.75, 3.05) is 19.5 Å². The Kier molecular flexibility index (Phi) is 4.01. The average molecular weight is 279 g/mol. The van der Waals surface area contributed by atoms with Gasteiger partial charge in [0, 0.05) is 24.7 Å². The Hall–Kier alpha value is -1.66. The van der Waals surface area contributed by atoms with Crippen molar-refractivity contribution in [2.24, 2.45) is 0 Å². The third-order valence-corrected chi connectivity index (χ3v) is 3.68. The first kappa shape index (κ1) is 13.8. The molecule has 0 aromatic carbocycles. The Labute approximate surface area is 115 Å². The number of rotatable bonds is 4. The molecule has 0 radical (unpaired) electrons. The molecule has 102 valence electrons. The van der Waals surface area contributed by atoms with Crippen LogP contribution in [0.25, 0.3) is 11.3 Å². The average Bonchev–Trinajstić information content (AvgIpc) is 2.75. The molecule has 2 heterocycles. The summed E-state index contributed by atoms with van der Waals surface area (Å²) in [6.07, 6.45) is 0. The van der Waals surface area contributed by atoms with Crippen molar-refractivity contribution in [3.05, 3.63) is 33.1 Å². The van der Waals surface area contributed by atoms with Crippen LogP contribution in [0, 0.1) is 13.8 Å².